The van der Waals surface area contributed by atoms with E-state index in [2.05, 4.69) is 23.6 Å². The molecular formula is C24H32N2O3S. The largest absolute Gasteiger partial charge is 0.382 e. The molecule has 1 aromatic carbocycles. The smallest absolute Gasteiger partial charge is 0.242 e. The van der Waals surface area contributed by atoms with Crippen molar-refractivity contribution in [2.24, 2.45) is 0 Å². The molecule has 30 heavy (non-hydrogen) atoms. The van der Waals surface area contributed by atoms with Crippen LogP contribution < -0.4 is 0 Å². The van der Waals surface area contributed by atoms with E-state index in [1.165, 1.54) is 10.4 Å². The molecule has 0 spiro atoms. The molecule has 2 heterocycles. The number of carbonyl (C=O) groups excluding carboxylic acids is 2. The van der Waals surface area contributed by atoms with Gasteiger partial charge in [-0.3, -0.25) is 9.59 Å². The van der Waals surface area contributed by atoms with E-state index in [1.807, 2.05) is 36.9 Å². The average Bonchev–Trinajstić information content (AvgIpc) is 3.24. The molecule has 1 aromatic heterocycles. The normalized spacial score (nSPS) is 15.7. The van der Waals surface area contributed by atoms with Crippen LogP contribution in [0.1, 0.15) is 55.2 Å². The summed E-state index contributed by atoms with van der Waals surface area (Å²) in [7, 11) is 0. The quantitative estimate of drug-likeness (QED) is 0.531. The Morgan fingerprint density at radius 3 is 2.73 bits per heavy atom. The number of carbonyl (C=O) groups is 2. The van der Waals surface area contributed by atoms with Crippen molar-refractivity contribution in [3.63, 3.8) is 0 Å². The first kappa shape index (κ1) is 22.5. The van der Waals surface area contributed by atoms with Crippen LogP contribution in [0.3, 0.4) is 0 Å². The second kappa shape index (κ2) is 11.3. The number of amides is 2. The molecule has 0 bridgehead atoms. The number of nitrogens with zero attached hydrogens (tertiary/aromatic N) is 2. The fourth-order valence-electron chi connectivity index (χ4n) is 4.00. The monoisotopic (exact) mass is 428 g/mol. The van der Waals surface area contributed by atoms with E-state index in [0.717, 1.165) is 24.8 Å². The fourth-order valence-corrected chi connectivity index (χ4v) is 4.90. The Labute approximate surface area is 183 Å². The van der Waals surface area contributed by atoms with Gasteiger partial charge < -0.3 is 14.5 Å². The minimum absolute atomic E-state index is 0.0153. The molecule has 0 aliphatic carbocycles. The van der Waals surface area contributed by atoms with Gasteiger partial charge in [-0.15, -0.1) is 11.3 Å². The van der Waals surface area contributed by atoms with Crippen LogP contribution in [0, 0.1) is 0 Å². The van der Waals surface area contributed by atoms with Gasteiger partial charge in [0.25, 0.3) is 0 Å². The summed E-state index contributed by atoms with van der Waals surface area (Å²) in [6.07, 6.45) is 2.87. The first-order valence-electron chi connectivity index (χ1n) is 10.9. The highest BCUT2D eigenvalue weighted by atomic mass is 32.1. The Hall–Kier alpha value is -2.18. The lowest BCUT2D eigenvalue weighted by molar-refractivity contribution is -0.142. The highest BCUT2D eigenvalue weighted by Gasteiger charge is 2.33. The van der Waals surface area contributed by atoms with Crippen LogP contribution in [0.15, 0.2) is 41.8 Å². The van der Waals surface area contributed by atoms with Crippen molar-refractivity contribution in [2.45, 2.75) is 45.6 Å². The molecule has 2 aromatic rings. The Kier molecular flexibility index (Phi) is 8.46. The summed E-state index contributed by atoms with van der Waals surface area (Å²) in [6.45, 7) is 6.59. The van der Waals surface area contributed by atoms with E-state index in [0.29, 0.717) is 32.7 Å². The van der Waals surface area contributed by atoms with E-state index in [1.54, 1.807) is 16.2 Å². The summed E-state index contributed by atoms with van der Waals surface area (Å²) in [5.74, 6) is 0.0633. The molecule has 0 fully saturated rings. The van der Waals surface area contributed by atoms with Crippen molar-refractivity contribution in [3.8, 4) is 0 Å². The predicted molar refractivity (Wildman–Crippen MR) is 121 cm³/mol. The van der Waals surface area contributed by atoms with Gasteiger partial charge in [-0.25, -0.2) is 0 Å². The zero-order chi connectivity index (χ0) is 21.3. The maximum Gasteiger partial charge on any atom is 0.242 e. The summed E-state index contributed by atoms with van der Waals surface area (Å²) in [6, 6.07) is 12.3. The van der Waals surface area contributed by atoms with Crippen molar-refractivity contribution in [3.05, 3.63) is 57.8 Å². The summed E-state index contributed by atoms with van der Waals surface area (Å²) in [5, 5.41) is 2.11. The van der Waals surface area contributed by atoms with Gasteiger partial charge in [0.05, 0.1) is 12.6 Å². The van der Waals surface area contributed by atoms with E-state index in [-0.39, 0.29) is 24.4 Å². The number of benzene rings is 1. The van der Waals surface area contributed by atoms with Gasteiger partial charge in [-0.2, -0.15) is 0 Å². The van der Waals surface area contributed by atoms with Gasteiger partial charge in [0.1, 0.15) is 0 Å². The Morgan fingerprint density at radius 2 is 2.00 bits per heavy atom. The summed E-state index contributed by atoms with van der Waals surface area (Å²) in [5.41, 5.74) is 2.33. The summed E-state index contributed by atoms with van der Waals surface area (Å²) < 4.78 is 5.42. The van der Waals surface area contributed by atoms with Crippen molar-refractivity contribution in [1.29, 1.82) is 0 Å². The zero-order valence-electron chi connectivity index (χ0n) is 18.0. The lowest BCUT2D eigenvalue weighted by Crippen LogP contribution is -2.47. The molecule has 6 heteroatoms. The molecule has 1 aliphatic rings. The van der Waals surface area contributed by atoms with E-state index in [9.17, 15) is 9.59 Å². The molecule has 0 radical (unpaired) electrons. The van der Waals surface area contributed by atoms with Gasteiger partial charge in [-0.1, -0.05) is 37.3 Å². The maximum atomic E-state index is 13.4. The van der Waals surface area contributed by atoms with Gasteiger partial charge in [0.15, 0.2) is 0 Å². The van der Waals surface area contributed by atoms with Gasteiger partial charge >= 0.3 is 0 Å². The van der Waals surface area contributed by atoms with E-state index >= 15 is 0 Å². The van der Waals surface area contributed by atoms with Crippen LogP contribution >= 0.6 is 11.3 Å². The average molecular weight is 429 g/mol. The molecule has 0 N–H and O–H groups in total. The van der Waals surface area contributed by atoms with Crippen LogP contribution in [-0.4, -0.2) is 54.5 Å². The van der Waals surface area contributed by atoms with Gasteiger partial charge in [-0.05, 0) is 48.8 Å². The maximum absolute atomic E-state index is 13.4. The minimum Gasteiger partial charge on any atom is -0.382 e. The summed E-state index contributed by atoms with van der Waals surface area (Å²) >= 11 is 1.76. The van der Waals surface area contributed by atoms with Crippen LogP contribution in [0.25, 0.3) is 0 Å². The van der Waals surface area contributed by atoms with Crippen LogP contribution in [0.5, 0.6) is 0 Å². The highest BCUT2D eigenvalue weighted by Crippen LogP contribution is 2.37. The van der Waals surface area contributed by atoms with E-state index < -0.39 is 0 Å². The molecule has 1 atom stereocenters. The van der Waals surface area contributed by atoms with Crippen molar-refractivity contribution >= 4 is 23.2 Å². The number of hydrogen-bond acceptors (Lipinski definition) is 4. The third-order valence-corrected chi connectivity index (χ3v) is 6.46. The topological polar surface area (TPSA) is 49.9 Å². The molecular weight excluding hydrogens is 396 g/mol. The zero-order valence-corrected chi connectivity index (χ0v) is 18.8. The SMILES string of the molecule is CCCC(=O)N(CCCOCC)CC(=O)N1CCc2sccc2C1c1ccccc1. The molecule has 162 valence electrons. The van der Waals surface area contributed by atoms with E-state index in [4.69, 9.17) is 4.74 Å². The van der Waals surface area contributed by atoms with Gasteiger partial charge in [0, 0.05) is 37.6 Å². The van der Waals surface area contributed by atoms with Crippen molar-refractivity contribution < 1.29 is 14.3 Å². The second-order valence-corrected chi connectivity index (χ2v) is 8.57. The van der Waals surface area contributed by atoms with Crippen molar-refractivity contribution in [1.82, 2.24) is 9.80 Å². The Bertz CT molecular complexity index is 821. The minimum atomic E-state index is -0.0831. The number of thiophene rings is 1. The molecule has 1 unspecified atom stereocenters. The fraction of sp³-hybridized carbons (Fsp3) is 0.500. The summed E-state index contributed by atoms with van der Waals surface area (Å²) in [4.78, 5) is 31.1. The lowest BCUT2D eigenvalue weighted by atomic mass is 9.93. The first-order chi connectivity index (χ1) is 14.7. The molecule has 5 nitrogen and oxygen atoms in total. The molecule has 2 amide bonds. The van der Waals surface area contributed by atoms with Crippen LogP contribution in [0.4, 0.5) is 0 Å². The Balaban J connectivity index is 1.77. The molecule has 0 saturated carbocycles. The number of fused-ring (bicyclic) bond motifs is 1. The standard InChI is InChI=1S/C24H32N2O3S/c1-3-9-22(27)25(14-8-16-29-4-2)18-23(28)26-15-12-21-20(13-17-30-21)24(26)19-10-6-5-7-11-19/h5-7,10-11,13,17,24H,3-4,8-9,12,14-16,18H2,1-2H3. The van der Waals surface area contributed by atoms with Crippen LogP contribution in [0.2, 0.25) is 0 Å². The Morgan fingerprint density at radius 1 is 1.20 bits per heavy atom. The third-order valence-electron chi connectivity index (χ3n) is 5.47. The molecule has 1 aliphatic heterocycles. The lowest BCUT2D eigenvalue weighted by Gasteiger charge is -2.37. The number of rotatable bonds is 10. The number of hydrogen-bond donors (Lipinski definition) is 0. The first-order valence-corrected chi connectivity index (χ1v) is 11.8. The van der Waals surface area contributed by atoms with Crippen LogP contribution in [-0.2, 0) is 20.7 Å². The van der Waals surface area contributed by atoms with Crippen molar-refractivity contribution in [2.75, 3.05) is 32.8 Å². The predicted octanol–water partition coefficient (Wildman–Crippen LogP) is 4.28. The highest BCUT2D eigenvalue weighted by molar-refractivity contribution is 7.10. The number of ether oxygens (including phenoxy) is 1. The third kappa shape index (κ3) is 5.49. The molecule has 0 saturated heterocycles. The molecule has 3 rings (SSSR count). The van der Waals surface area contributed by atoms with Gasteiger partial charge in [0.2, 0.25) is 11.8 Å². The second-order valence-electron chi connectivity index (χ2n) is 7.57.